The van der Waals surface area contributed by atoms with Gasteiger partial charge in [-0.3, -0.25) is 0 Å². The zero-order valence-electron chi connectivity index (χ0n) is 10.7. The average Bonchev–Trinajstić information content (AvgIpc) is 2.57. The Morgan fingerprint density at radius 3 is 2.26 bits per heavy atom. The first kappa shape index (κ1) is 14.1. The summed E-state index contributed by atoms with van der Waals surface area (Å²) in [4.78, 5) is 0. The van der Waals surface area contributed by atoms with Crippen molar-refractivity contribution in [3.63, 3.8) is 0 Å². The van der Waals surface area contributed by atoms with Gasteiger partial charge in [0.15, 0.2) is 11.6 Å². The molecule has 3 nitrogen and oxygen atoms in total. The normalized spacial score (nSPS) is 11.1. The van der Waals surface area contributed by atoms with Gasteiger partial charge in [-0.2, -0.15) is 5.10 Å². The molecule has 1 aromatic heterocycles. The summed E-state index contributed by atoms with van der Waals surface area (Å²) in [5, 5.41) is 4.14. The molecule has 6 heteroatoms. The average molecular weight is 330 g/mol. The Balaban J connectivity index is 2.59. The van der Waals surface area contributed by atoms with Crippen molar-refractivity contribution in [3.8, 4) is 5.69 Å². The van der Waals surface area contributed by atoms with E-state index in [2.05, 4.69) is 21.0 Å². The molecule has 0 aliphatic carbocycles. The Labute approximate surface area is 118 Å². The van der Waals surface area contributed by atoms with Gasteiger partial charge in [0.1, 0.15) is 5.69 Å². The molecule has 0 fully saturated rings. The molecule has 0 spiro atoms. The summed E-state index contributed by atoms with van der Waals surface area (Å²) in [5.74, 6) is -1.27. The van der Waals surface area contributed by atoms with Crippen molar-refractivity contribution < 1.29 is 8.78 Å². The Hall–Kier alpha value is -1.27. The minimum atomic E-state index is -0.637. The standard InChI is InChI=1S/C13H14BrF2N3/c1-7-12(14)8(2)19(18-7)13-10(15)5-9(3-4-17)6-11(13)16/h5-6H,3-4,17H2,1-2H3. The summed E-state index contributed by atoms with van der Waals surface area (Å²) < 4.78 is 30.2. The van der Waals surface area contributed by atoms with E-state index in [0.717, 1.165) is 4.47 Å². The van der Waals surface area contributed by atoms with Crippen LogP contribution in [0.25, 0.3) is 5.69 Å². The van der Waals surface area contributed by atoms with Gasteiger partial charge in [-0.25, -0.2) is 13.5 Å². The second kappa shape index (κ2) is 5.38. The van der Waals surface area contributed by atoms with Gasteiger partial charge in [0, 0.05) is 0 Å². The SMILES string of the molecule is Cc1nn(-c2c(F)cc(CCN)cc2F)c(C)c1Br. The first-order valence-corrected chi connectivity index (χ1v) is 6.65. The van der Waals surface area contributed by atoms with Crippen molar-refractivity contribution in [2.24, 2.45) is 5.73 Å². The van der Waals surface area contributed by atoms with Crippen LogP contribution in [0.5, 0.6) is 0 Å². The van der Waals surface area contributed by atoms with Gasteiger partial charge < -0.3 is 5.73 Å². The molecule has 1 aromatic carbocycles. The molecule has 102 valence electrons. The monoisotopic (exact) mass is 329 g/mol. The molecule has 0 aliphatic heterocycles. The summed E-state index contributed by atoms with van der Waals surface area (Å²) in [5.41, 5.74) is 7.11. The number of benzene rings is 1. The number of nitrogens with two attached hydrogens (primary N) is 1. The third-order valence-corrected chi connectivity index (χ3v) is 4.07. The van der Waals surface area contributed by atoms with Crippen LogP contribution in [0, 0.1) is 25.5 Å². The third kappa shape index (κ3) is 2.55. The predicted molar refractivity (Wildman–Crippen MR) is 73.4 cm³/mol. The van der Waals surface area contributed by atoms with Gasteiger partial charge in [-0.05, 0) is 60.4 Å². The van der Waals surface area contributed by atoms with Gasteiger partial charge in [0.05, 0.1) is 15.9 Å². The highest BCUT2D eigenvalue weighted by Crippen LogP contribution is 2.26. The second-order valence-electron chi connectivity index (χ2n) is 4.34. The lowest BCUT2D eigenvalue weighted by Crippen LogP contribution is -2.08. The predicted octanol–water partition coefficient (Wildman–Crippen LogP) is 3.03. The molecule has 0 atom stereocenters. The highest BCUT2D eigenvalue weighted by Gasteiger charge is 2.18. The molecule has 2 rings (SSSR count). The summed E-state index contributed by atoms with van der Waals surface area (Å²) in [7, 11) is 0. The second-order valence-corrected chi connectivity index (χ2v) is 5.14. The number of aryl methyl sites for hydroxylation is 1. The Morgan fingerprint density at radius 2 is 1.84 bits per heavy atom. The Morgan fingerprint density at radius 1 is 1.26 bits per heavy atom. The number of hydrogen-bond donors (Lipinski definition) is 1. The van der Waals surface area contributed by atoms with E-state index in [1.807, 2.05) is 0 Å². The Bertz CT molecular complexity index is 600. The van der Waals surface area contributed by atoms with Crippen LogP contribution in [-0.2, 0) is 6.42 Å². The number of hydrogen-bond acceptors (Lipinski definition) is 2. The topological polar surface area (TPSA) is 43.8 Å². The lowest BCUT2D eigenvalue weighted by molar-refractivity contribution is 0.554. The first-order chi connectivity index (χ1) is 8.95. The van der Waals surface area contributed by atoms with Gasteiger partial charge in [-0.1, -0.05) is 0 Å². The van der Waals surface area contributed by atoms with E-state index < -0.39 is 11.6 Å². The van der Waals surface area contributed by atoms with Crippen molar-refractivity contribution in [1.29, 1.82) is 0 Å². The number of rotatable bonds is 3. The van der Waals surface area contributed by atoms with E-state index in [0.29, 0.717) is 29.9 Å². The van der Waals surface area contributed by atoms with Gasteiger partial charge in [0.2, 0.25) is 0 Å². The summed E-state index contributed by atoms with van der Waals surface area (Å²) in [6.45, 7) is 3.87. The zero-order chi connectivity index (χ0) is 14.2. The smallest absolute Gasteiger partial charge is 0.152 e. The lowest BCUT2D eigenvalue weighted by atomic mass is 10.1. The molecule has 0 saturated heterocycles. The molecule has 0 radical (unpaired) electrons. The lowest BCUT2D eigenvalue weighted by Gasteiger charge is -2.09. The van der Waals surface area contributed by atoms with E-state index in [4.69, 9.17) is 5.73 Å². The largest absolute Gasteiger partial charge is 0.330 e. The van der Waals surface area contributed by atoms with Crippen LogP contribution >= 0.6 is 15.9 Å². The zero-order valence-corrected chi connectivity index (χ0v) is 12.3. The highest BCUT2D eigenvalue weighted by molar-refractivity contribution is 9.10. The minimum Gasteiger partial charge on any atom is -0.330 e. The highest BCUT2D eigenvalue weighted by atomic mass is 79.9. The molecule has 2 aromatic rings. The van der Waals surface area contributed by atoms with Crippen molar-refractivity contribution in [2.75, 3.05) is 6.54 Å². The van der Waals surface area contributed by atoms with Crippen LogP contribution in [-0.4, -0.2) is 16.3 Å². The van der Waals surface area contributed by atoms with E-state index in [1.165, 1.54) is 16.8 Å². The van der Waals surface area contributed by atoms with Gasteiger partial charge in [-0.15, -0.1) is 0 Å². The van der Waals surface area contributed by atoms with E-state index in [9.17, 15) is 8.78 Å². The molecule has 1 heterocycles. The number of halogens is 3. The molecule has 2 N–H and O–H groups in total. The fraction of sp³-hybridized carbons (Fsp3) is 0.308. The van der Waals surface area contributed by atoms with Crippen LogP contribution < -0.4 is 5.73 Å². The number of aromatic nitrogens is 2. The van der Waals surface area contributed by atoms with Crippen molar-refractivity contribution in [2.45, 2.75) is 20.3 Å². The van der Waals surface area contributed by atoms with Crippen molar-refractivity contribution in [3.05, 3.63) is 45.2 Å². The molecule has 0 unspecified atom stereocenters. The fourth-order valence-electron chi connectivity index (χ4n) is 1.97. The first-order valence-electron chi connectivity index (χ1n) is 5.85. The summed E-state index contributed by atoms with van der Waals surface area (Å²) >= 11 is 3.34. The van der Waals surface area contributed by atoms with Gasteiger partial charge in [0.25, 0.3) is 0 Å². The van der Waals surface area contributed by atoms with Crippen LogP contribution in [0.3, 0.4) is 0 Å². The van der Waals surface area contributed by atoms with Gasteiger partial charge >= 0.3 is 0 Å². The van der Waals surface area contributed by atoms with Crippen molar-refractivity contribution >= 4 is 15.9 Å². The maximum absolute atomic E-state index is 14.1. The third-order valence-electron chi connectivity index (χ3n) is 2.92. The fourth-order valence-corrected chi connectivity index (χ4v) is 2.22. The van der Waals surface area contributed by atoms with E-state index in [1.54, 1.807) is 13.8 Å². The van der Waals surface area contributed by atoms with Crippen molar-refractivity contribution in [1.82, 2.24) is 9.78 Å². The Kier molecular flexibility index (Phi) is 4.01. The van der Waals surface area contributed by atoms with Crippen LogP contribution in [0.1, 0.15) is 17.0 Å². The summed E-state index contributed by atoms with van der Waals surface area (Å²) in [6, 6.07) is 2.60. The van der Waals surface area contributed by atoms with Crippen LogP contribution in [0.15, 0.2) is 16.6 Å². The molecule has 0 aliphatic rings. The quantitative estimate of drug-likeness (QED) is 0.940. The molecule has 0 bridgehead atoms. The van der Waals surface area contributed by atoms with Crippen LogP contribution in [0.4, 0.5) is 8.78 Å². The molecular formula is C13H14BrF2N3. The minimum absolute atomic E-state index is 0.160. The maximum Gasteiger partial charge on any atom is 0.152 e. The maximum atomic E-state index is 14.1. The number of nitrogens with zero attached hydrogens (tertiary/aromatic N) is 2. The molecule has 0 saturated carbocycles. The van der Waals surface area contributed by atoms with Crippen LogP contribution in [0.2, 0.25) is 0 Å². The summed E-state index contributed by atoms with van der Waals surface area (Å²) in [6.07, 6.45) is 0.439. The molecular weight excluding hydrogens is 316 g/mol. The molecule has 19 heavy (non-hydrogen) atoms. The molecule has 0 amide bonds. The van der Waals surface area contributed by atoms with E-state index in [-0.39, 0.29) is 5.69 Å². The van der Waals surface area contributed by atoms with E-state index >= 15 is 0 Å².